The molecule has 0 bridgehead atoms. The zero-order chi connectivity index (χ0) is 24.3. The van der Waals surface area contributed by atoms with Gasteiger partial charge in [0.15, 0.2) is 0 Å². The highest BCUT2D eigenvalue weighted by atomic mass is 16.6. The Morgan fingerprint density at radius 3 is 1.74 bits per heavy atom. The summed E-state index contributed by atoms with van der Waals surface area (Å²) in [5.74, 6) is -0.587. The van der Waals surface area contributed by atoms with Gasteiger partial charge < -0.3 is 15.4 Å². The van der Waals surface area contributed by atoms with Gasteiger partial charge in [-0.2, -0.15) is 0 Å². The van der Waals surface area contributed by atoms with E-state index in [1.165, 1.54) is 4.90 Å². The van der Waals surface area contributed by atoms with Crippen molar-refractivity contribution in [3.8, 4) is 0 Å². The number of benzene rings is 3. The van der Waals surface area contributed by atoms with E-state index in [4.69, 9.17) is 4.74 Å². The molecule has 174 valence electrons. The Morgan fingerprint density at radius 1 is 0.794 bits per heavy atom. The van der Waals surface area contributed by atoms with Crippen LogP contribution < -0.4 is 15.5 Å². The molecule has 0 spiro atoms. The van der Waals surface area contributed by atoms with E-state index in [1.54, 1.807) is 60.7 Å². The van der Waals surface area contributed by atoms with Gasteiger partial charge in [-0.15, -0.1) is 0 Å². The molecule has 1 heterocycles. The van der Waals surface area contributed by atoms with Crippen molar-refractivity contribution in [2.24, 2.45) is 0 Å². The van der Waals surface area contributed by atoms with Crippen molar-refractivity contribution in [1.29, 1.82) is 0 Å². The summed E-state index contributed by atoms with van der Waals surface area (Å²) in [7, 11) is 0. The highest BCUT2D eigenvalue weighted by molar-refractivity contribution is 6.10. The predicted octanol–water partition coefficient (Wildman–Crippen LogP) is 5.45. The van der Waals surface area contributed by atoms with Gasteiger partial charge in [-0.05, 0) is 59.5 Å². The zero-order valence-electron chi connectivity index (χ0n) is 19.4. The molecular formula is C27H27N3O4. The predicted molar refractivity (Wildman–Crippen MR) is 133 cm³/mol. The average molecular weight is 458 g/mol. The normalized spacial score (nSPS) is 13.4. The van der Waals surface area contributed by atoms with E-state index in [0.717, 1.165) is 5.56 Å². The monoisotopic (exact) mass is 457 g/mol. The van der Waals surface area contributed by atoms with Gasteiger partial charge >= 0.3 is 6.09 Å². The molecule has 3 amide bonds. The van der Waals surface area contributed by atoms with Crippen molar-refractivity contribution < 1.29 is 19.1 Å². The van der Waals surface area contributed by atoms with Crippen LogP contribution in [0.25, 0.3) is 0 Å². The molecule has 7 nitrogen and oxygen atoms in total. The minimum Gasteiger partial charge on any atom is -0.447 e. The van der Waals surface area contributed by atoms with E-state index in [0.29, 0.717) is 41.3 Å². The third-order valence-corrected chi connectivity index (χ3v) is 5.64. The molecule has 0 aromatic heterocycles. The van der Waals surface area contributed by atoms with E-state index in [-0.39, 0.29) is 17.2 Å². The van der Waals surface area contributed by atoms with Crippen molar-refractivity contribution in [2.75, 3.05) is 28.7 Å². The average Bonchev–Trinajstić information content (AvgIpc) is 3.25. The number of amides is 3. The number of ether oxygens (including phenoxy) is 1. The first kappa shape index (κ1) is 23.0. The van der Waals surface area contributed by atoms with E-state index >= 15 is 0 Å². The van der Waals surface area contributed by atoms with Gasteiger partial charge in [0.25, 0.3) is 11.8 Å². The molecule has 3 aromatic rings. The third kappa shape index (κ3) is 5.09. The number of para-hydroxylation sites is 2. The van der Waals surface area contributed by atoms with Crippen molar-refractivity contribution in [3.05, 3.63) is 89.5 Å². The van der Waals surface area contributed by atoms with Crippen molar-refractivity contribution in [2.45, 2.75) is 26.2 Å². The van der Waals surface area contributed by atoms with Crippen LogP contribution in [0.5, 0.6) is 0 Å². The summed E-state index contributed by atoms with van der Waals surface area (Å²) in [4.78, 5) is 38.9. The highest BCUT2D eigenvalue weighted by Crippen LogP contribution is 2.25. The molecule has 1 aliphatic heterocycles. The van der Waals surface area contributed by atoms with Crippen LogP contribution in [0.1, 0.15) is 47.1 Å². The van der Waals surface area contributed by atoms with Crippen molar-refractivity contribution in [3.63, 3.8) is 0 Å². The Morgan fingerprint density at radius 2 is 1.29 bits per heavy atom. The molecule has 0 saturated carbocycles. The second-order valence-corrected chi connectivity index (χ2v) is 9.09. The van der Waals surface area contributed by atoms with E-state index in [2.05, 4.69) is 31.4 Å². The van der Waals surface area contributed by atoms with Crippen LogP contribution in [0.4, 0.5) is 21.9 Å². The number of hydrogen-bond acceptors (Lipinski definition) is 4. The summed E-state index contributed by atoms with van der Waals surface area (Å²) in [6.07, 6.45) is -0.394. The SMILES string of the molecule is CC(C)(C)c1ccc(C(=O)Nc2ccccc2NC(=O)c2ccc(N3CCOC3=O)cc2)cc1. The van der Waals surface area contributed by atoms with Gasteiger partial charge in [-0.25, -0.2) is 4.79 Å². The standard InChI is InChI=1S/C27H27N3O4/c1-27(2,3)20-12-8-18(9-13-20)24(31)28-22-6-4-5-7-23(22)29-25(32)19-10-14-21(15-11-19)30-16-17-34-26(30)33/h4-15H,16-17H2,1-3H3,(H,28,31)(H,29,32). The minimum absolute atomic E-state index is 0.00186. The quantitative estimate of drug-likeness (QED) is 0.534. The molecular weight excluding hydrogens is 430 g/mol. The van der Waals surface area contributed by atoms with Gasteiger partial charge in [0.05, 0.1) is 17.9 Å². The molecule has 0 radical (unpaired) electrons. The number of carbonyl (C=O) groups excluding carboxylic acids is 3. The Labute approximate surface area is 198 Å². The van der Waals surface area contributed by atoms with E-state index < -0.39 is 6.09 Å². The summed E-state index contributed by atoms with van der Waals surface area (Å²) in [6.45, 7) is 7.19. The van der Waals surface area contributed by atoms with Gasteiger partial charge in [0.2, 0.25) is 0 Å². The summed E-state index contributed by atoms with van der Waals surface area (Å²) in [5, 5.41) is 5.73. The van der Waals surface area contributed by atoms with Gasteiger partial charge in [-0.1, -0.05) is 45.0 Å². The van der Waals surface area contributed by atoms with Crippen LogP contribution in [0.2, 0.25) is 0 Å². The van der Waals surface area contributed by atoms with E-state index in [9.17, 15) is 14.4 Å². The molecule has 4 rings (SSSR count). The van der Waals surface area contributed by atoms with Crippen molar-refractivity contribution >= 4 is 35.0 Å². The maximum Gasteiger partial charge on any atom is 0.414 e. The molecule has 0 aliphatic carbocycles. The van der Waals surface area contributed by atoms with Crippen LogP contribution >= 0.6 is 0 Å². The third-order valence-electron chi connectivity index (χ3n) is 5.64. The Balaban J connectivity index is 1.45. The molecule has 7 heteroatoms. The fourth-order valence-electron chi connectivity index (χ4n) is 3.63. The lowest BCUT2D eigenvalue weighted by molar-refractivity contribution is 0.101. The highest BCUT2D eigenvalue weighted by Gasteiger charge is 2.23. The smallest absolute Gasteiger partial charge is 0.414 e. The molecule has 3 aromatic carbocycles. The topological polar surface area (TPSA) is 87.7 Å². The van der Waals surface area contributed by atoms with Crippen LogP contribution in [-0.4, -0.2) is 31.1 Å². The number of hydrogen-bond donors (Lipinski definition) is 2. The Kier molecular flexibility index (Phi) is 6.36. The number of rotatable bonds is 5. The summed E-state index contributed by atoms with van der Waals surface area (Å²) < 4.78 is 4.95. The first-order valence-corrected chi connectivity index (χ1v) is 11.1. The lowest BCUT2D eigenvalue weighted by Gasteiger charge is -2.19. The number of nitrogens with one attached hydrogen (secondary N) is 2. The minimum atomic E-state index is -0.394. The Hall–Kier alpha value is -4.13. The molecule has 0 unspecified atom stereocenters. The number of carbonyl (C=O) groups is 3. The lowest BCUT2D eigenvalue weighted by Crippen LogP contribution is -2.23. The zero-order valence-corrected chi connectivity index (χ0v) is 19.4. The summed E-state index contributed by atoms with van der Waals surface area (Å²) >= 11 is 0. The van der Waals surface area contributed by atoms with Crippen LogP contribution in [0, 0.1) is 0 Å². The fourth-order valence-corrected chi connectivity index (χ4v) is 3.63. The number of anilines is 3. The lowest BCUT2D eigenvalue weighted by atomic mass is 9.87. The maximum absolute atomic E-state index is 12.8. The first-order valence-electron chi connectivity index (χ1n) is 11.1. The van der Waals surface area contributed by atoms with Crippen LogP contribution in [0.15, 0.2) is 72.8 Å². The van der Waals surface area contributed by atoms with E-state index in [1.807, 2.05) is 12.1 Å². The summed E-state index contributed by atoms with van der Waals surface area (Å²) in [6, 6.07) is 21.2. The van der Waals surface area contributed by atoms with Gasteiger partial charge in [0, 0.05) is 16.8 Å². The molecule has 1 fully saturated rings. The number of cyclic esters (lactones) is 1. The molecule has 34 heavy (non-hydrogen) atoms. The van der Waals surface area contributed by atoms with Crippen LogP contribution in [-0.2, 0) is 10.2 Å². The fraction of sp³-hybridized carbons (Fsp3) is 0.222. The molecule has 1 aliphatic rings. The van der Waals surface area contributed by atoms with Crippen LogP contribution in [0.3, 0.4) is 0 Å². The Bertz CT molecular complexity index is 1210. The first-order chi connectivity index (χ1) is 16.2. The second-order valence-electron chi connectivity index (χ2n) is 9.09. The van der Waals surface area contributed by atoms with Gasteiger partial charge in [0.1, 0.15) is 6.61 Å². The van der Waals surface area contributed by atoms with Crippen molar-refractivity contribution in [1.82, 2.24) is 0 Å². The summed E-state index contributed by atoms with van der Waals surface area (Å²) in [5.41, 5.74) is 3.76. The van der Waals surface area contributed by atoms with Gasteiger partial charge in [-0.3, -0.25) is 14.5 Å². The number of nitrogens with zero attached hydrogens (tertiary/aromatic N) is 1. The molecule has 2 N–H and O–H groups in total. The maximum atomic E-state index is 12.8. The second kappa shape index (κ2) is 9.39. The molecule has 0 atom stereocenters. The largest absolute Gasteiger partial charge is 0.447 e. The molecule has 1 saturated heterocycles.